The van der Waals surface area contributed by atoms with Gasteiger partial charge in [0.1, 0.15) is 18.1 Å². The van der Waals surface area contributed by atoms with Crippen LogP contribution in [0, 0.1) is 6.92 Å². The summed E-state index contributed by atoms with van der Waals surface area (Å²) in [7, 11) is 1.61. The SMILES string of the molecule is COc1ccc(-n2c(COc3ccccc3C)nnc2SCC(N)=O)cc1. The number of carbonyl (C=O) groups is 1. The van der Waals surface area contributed by atoms with Crippen LogP contribution in [0.4, 0.5) is 0 Å². The fourth-order valence-corrected chi connectivity index (χ4v) is 3.18. The molecule has 0 aliphatic carbocycles. The van der Waals surface area contributed by atoms with Gasteiger partial charge in [0.05, 0.1) is 12.9 Å². The summed E-state index contributed by atoms with van der Waals surface area (Å²) >= 11 is 1.23. The van der Waals surface area contributed by atoms with Crippen LogP contribution in [0.5, 0.6) is 11.5 Å². The number of aryl methyl sites for hydroxylation is 1. The van der Waals surface area contributed by atoms with E-state index in [1.165, 1.54) is 11.8 Å². The first-order chi connectivity index (χ1) is 13.1. The zero-order valence-corrected chi connectivity index (χ0v) is 15.9. The molecule has 8 heteroatoms. The van der Waals surface area contributed by atoms with E-state index in [2.05, 4.69) is 10.2 Å². The number of primary amides is 1. The predicted octanol–water partition coefficient (Wildman–Crippen LogP) is 2.74. The molecule has 0 saturated carbocycles. The second-order valence-corrected chi connectivity index (χ2v) is 6.68. The van der Waals surface area contributed by atoms with Crippen LogP contribution in [0.15, 0.2) is 53.7 Å². The van der Waals surface area contributed by atoms with Crippen molar-refractivity contribution in [2.45, 2.75) is 18.7 Å². The van der Waals surface area contributed by atoms with Crippen LogP contribution in [-0.4, -0.2) is 33.5 Å². The van der Waals surface area contributed by atoms with Crippen molar-refractivity contribution in [3.05, 3.63) is 59.9 Å². The molecule has 2 aromatic carbocycles. The van der Waals surface area contributed by atoms with Crippen LogP contribution in [0.1, 0.15) is 11.4 Å². The van der Waals surface area contributed by atoms with E-state index in [4.69, 9.17) is 15.2 Å². The highest BCUT2D eigenvalue weighted by Crippen LogP contribution is 2.25. The molecule has 1 amide bonds. The van der Waals surface area contributed by atoms with E-state index < -0.39 is 5.91 Å². The van der Waals surface area contributed by atoms with Crippen molar-refractivity contribution in [2.24, 2.45) is 5.73 Å². The number of carbonyl (C=O) groups excluding carboxylic acids is 1. The van der Waals surface area contributed by atoms with E-state index in [9.17, 15) is 4.79 Å². The van der Waals surface area contributed by atoms with Crippen molar-refractivity contribution in [3.8, 4) is 17.2 Å². The van der Waals surface area contributed by atoms with Gasteiger partial charge in [-0.25, -0.2) is 0 Å². The van der Waals surface area contributed by atoms with Crippen LogP contribution in [0.25, 0.3) is 5.69 Å². The number of amides is 1. The van der Waals surface area contributed by atoms with Crippen LogP contribution in [-0.2, 0) is 11.4 Å². The average molecular weight is 384 g/mol. The van der Waals surface area contributed by atoms with Crippen LogP contribution < -0.4 is 15.2 Å². The van der Waals surface area contributed by atoms with E-state index in [-0.39, 0.29) is 12.4 Å². The molecule has 0 aliphatic rings. The minimum atomic E-state index is -0.415. The molecular weight excluding hydrogens is 364 g/mol. The number of ether oxygens (including phenoxy) is 2. The van der Waals surface area contributed by atoms with Gasteiger partial charge in [0.25, 0.3) is 0 Å². The number of aromatic nitrogens is 3. The fourth-order valence-electron chi connectivity index (χ4n) is 2.47. The summed E-state index contributed by atoms with van der Waals surface area (Å²) in [4.78, 5) is 11.2. The van der Waals surface area contributed by atoms with E-state index in [0.29, 0.717) is 11.0 Å². The first-order valence-corrected chi connectivity index (χ1v) is 9.25. The monoisotopic (exact) mass is 384 g/mol. The van der Waals surface area contributed by atoms with E-state index in [1.54, 1.807) is 7.11 Å². The Labute approximate surface area is 161 Å². The van der Waals surface area contributed by atoms with Gasteiger partial charge >= 0.3 is 0 Å². The van der Waals surface area contributed by atoms with Crippen LogP contribution >= 0.6 is 11.8 Å². The highest BCUT2D eigenvalue weighted by atomic mass is 32.2. The number of benzene rings is 2. The number of nitrogens with zero attached hydrogens (tertiary/aromatic N) is 3. The quantitative estimate of drug-likeness (QED) is 0.601. The lowest BCUT2D eigenvalue weighted by Crippen LogP contribution is -2.14. The molecule has 0 saturated heterocycles. The summed E-state index contributed by atoms with van der Waals surface area (Å²) in [6.07, 6.45) is 0. The van der Waals surface area contributed by atoms with Gasteiger partial charge in [-0.1, -0.05) is 30.0 Å². The van der Waals surface area contributed by atoms with Gasteiger partial charge in [0, 0.05) is 5.69 Å². The zero-order chi connectivity index (χ0) is 19.2. The minimum Gasteiger partial charge on any atom is -0.497 e. The summed E-state index contributed by atoms with van der Waals surface area (Å²) in [5, 5.41) is 9.01. The Morgan fingerprint density at radius 1 is 1.15 bits per heavy atom. The Morgan fingerprint density at radius 3 is 2.56 bits per heavy atom. The molecule has 0 spiro atoms. The van der Waals surface area contributed by atoms with E-state index in [1.807, 2.05) is 60.0 Å². The Hall–Kier alpha value is -3.00. The molecule has 3 rings (SSSR count). The first-order valence-electron chi connectivity index (χ1n) is 8.26. The molecule has 0 bridgehead atoms. The number of hydrogen-bond donors (Lipinski definition) is 1. The first kappa shape index (κ1) is 18.8. The molecule has 140 valence electrons. The van der Waals surface area contributed by atoms with E-state index in [0.717, 1.165) is 22.7 Å². The number of nitrogens with two attached hydrogens (primary N) is 1. The summed E-state index contributed by atoms with van der Waals surface area (Å²) < 4.78 is 13.0. The Bertz CT molecular complexity index is 925. The standard InChI is InChI=1S/C19H20N4O3S/c1-13-5-3-4-6-16(13)26-11-18-21-22-19(27-12-17(20)24)23(18)14-7-9-15(25-2)10-8-14/h3-10H,11-12H2,1-2H3,(H2,20,24). The molecular formula is C19H20N4O3S. The Kier molecular flexibility index (Phi) is 5.97. The fraction of sp³-hybridized carbons (Fsp3) is 0.211. The molecule has 27 heavy (non-hydrogen) atoms. The maximum Gasteiger partial charge on any atom is 0.227 e. The van der Waals surface area contributed by atoms with Crippen LogP contribution in [0.3, 0.4) is 0 Å². The minimum absolute atomic E-state index is 0.118. The largest absolute Gasteiger partial charge is 0.497 e. The number of para-hydroxylation sites is 1. The molecule has 3 aromatic rings. The number of methoxy groups -OCH3 is 1. The van der Waals surface area contributed by atoms with Gasteiger partial charge in [-0.15, -0.1) is 10.2 Å². The molecule has 0 fully saturated rings. The van der Waals surface area contributed by atoms with Crippen LogP contribution in [0.2, 0.25) is 0 Å². The van der Waals surface area contributed by atoms with Gasteiger partial charge in [-0.3, -0.25) is 9.36 Å². The summed E-state index contributed by atoms with van der Waals surface area (Å²) in [5.74, 6) is 1.86. The molecule has 0 unspecified atom stereocenters. The lowest BCUT2D eigenvalue weighted by molar-refractivity contribution is -0.115. The van der Waals surface area contributed by atoms with Crippen molar-refractivity contribution in [3.63, 3.8) is 0 Å². The third kappa shape index (κ3) is 4.59. The molecule has 1 aromatic heterocycles. The third-order valence-electron chi connectivity index (χ3n) is 3.82. The Balaban J connectivity index is 1.90. The predicted molar refractivity (Wildman–Crippen MR) is 103 cm³/mol. The second kappa shape index (κ2) is 8.59. The van der Waals surface area contributed by atoms with Crippen molar-refractivity contribution < 1.29 is 14.3 Å². The molecule has 0 atom stereocenters. The maximum absolute atomic E-state index is 11.2. The topological polar surface area (TPSA) is 92.3 Å². The summed E-state index contributed by atoms with van der Waals surface area (Å²) in [5.41, 5.74) is 7.15. The van der Waals surface area contributed by atoms with Crippen molar-refractivity contribution in [2.75, 3.05) is 12.9 Å². The summed E-state index contributed by atoms with van der Waals surface area (Å²) in [6, 6.07) is 15.3. The highest BCUT2D eigenvalue weighted by molar-refractivity contribution is 7.99. The lowest BCUT2D eigenvalue weighted by Gasteiger charge is -2.12. The van der Waals surface area contributed by atoms with E-state index >= 15 is 0 Å². The van der Waals surface area contributed by atoms with Gasteiger partial charge < -0.3 is 15.2 Å². The average Bonchev–Trinajstić information content (AvgIpc) is 3.08. The number of rotatable bonds is 8. The normalized spacial score (nSPS) is 10.6. The number of hydrogen-bond acceptors (Lipinski definition) is 6. The third-order valence-corrected chi connectivity index (χ3v) is 4.78. The van der Waals surface area contributed by atoms with Gasteiger partial charge in [-0.05, 0) is 42.8 Å². The molecule has 7 nitrogen and oxygen atoms in total. The summed E-state index contributed by atoms with van der Waals surface area (Å²) in [6.45, 7) is 2.22. The Morgan fingerprint density at radius 2 is 1.89 bits per heavy atom. The lowest BCUT2D eigenvalue weighted by atomic mass is 10.2. The van der Waals surface area contributed by atoms with Crippen molar-refractivity contribution >= 4 is 17.7 Å². The van der Waals surface area contributed by atoms with Gasteiger partial charge in [-0.2, -0.15) is 0 Å². The highest BCUT2D eigenvalue weighted by Gasteiger charge is 2.16. The second-order valence-electron chi connectivity index (χ2n) is 5.74. The molecule has 1 heterocycles. The molecule has 2 N–H and O–H groups in total. The van der Waals surface area contributed by atoms with Gasteiger partial charge in [0.2, 0.25) is 5.91 Å². The maximum atomic E-state index is 11.2. The molecule has 0 radical (unpaired) electrons. The zero-order valence-electron chi connectivity index (χ0n) is 15.1. The van der Waals surface area contributed by atoms with Crippen molar-refractivity contribution in [1.29, 1.82) is 0 Å². The van der Waals surface area contributed by atoms with Crippen molar-refractivity contribution in [1.82, 2.24) is 14.8 Å². The van der Waals surface area contributed by atoms with Gasteiger partial charge in [0.15, 0.2) is 11.0 Å². The smallest absolute Gasteiger partial charge is 0.227 e. The molecule has 0 aliphatic heterocycles. The number of thioether (sulfide) groups is 1.